The van der Waals surface area contributed by atoms with E-state index < -0.39 is 18.0 Å². The highest BCUT2D eigenvalue weighted by atomic mass is 16.5. The molecule has 2 aliphatic rings. The highest BCUT2D eigenvalue weighted by Crippen LogP contribution is 2.29. The van der Waals surface area contributed by atoms with Gasteiger partial charge in [0.2, 0.25) is 0 Å². The van der Waals surface area contributed by atoms with Crippen LogP contribution in [0.1, 0.15) is 22.8 Å². The number of nitrogens with one attached hydrogen (secondary N) is 1. The number of carboxylic acid groups (broad SMARTS) is 1. The zero-order valence-electron chi connectivity index (χ0n) is 16.0. The van der Waals surface area contributed by atoms with Crippen LogP contribution in [-0.4, -0.2) is 47.0 Å². The van der Waals surface area contributed by atoms with Gasteiger partial charge in [0.1, 0.15) is 5.75 Å². The van der Waals surface area contributed by atoms with E-state index in [1.165, 1.54) is 0 Å². The molecule has 2 N–H and O–H groups in total. The summed E-state index contributed by atoms with van der Waals surface area (Å²) in [6.45, 7) is 2.43. The number of ether oxygens (including phenoxy) is 1. The Morgan fingerprint density at radius 2 is 1.90 bits per heavy atom. The number of aliphatic carboxylic acids is 1. The Labute approximate surface area is 168 Å². The SMILES string of the molecule is C[C@@H]1CN(C(=O)c2cccc(NC(=O)C3Cc4ccccc4O3)c2)C[C@H]1C(=O)O. The molecule has 150 valence electrons. The first-order valence-electron chi connectivity index (χ1n) is 9.60. The molecule has 2 aliphatic heterocycles. The molecule has 4 rings (SSSR count). The average Bonchev–Trinajstić information content (AvgIpc) is 3.31. The highest BCUT2D eigenvalue weighted by Gasteiger charge is 2.37. The summed E-state index contributed by atoms with van der Waals surface area (Å²) in [4.78, 5) is 38.2. The van der Waals surface area contributed by atoms with Crippen molar-refractivity contribution in [3.8, 4) is 5.75 Å². The number of rotatable bonds is 4. The monoisotopic (exact) mass is 394 g/mol. The number of nitrogens with zero attached hydrogens (tertiary/aromatic N) is 1. The van der Waals surface area contributed by atoms with Crippen molar-refractivity contribution in [2.24, 2.45) is 11.8 Å². The maximum atomic E-state index is 12.8. The number of hydrogen-bond acceptors (Lipinski definition) is 4. The van der Waals surface area contributed by atoms with Gasteiger partial charge in [0.25, 0.3) is 11.8 Å². The van der Waals surface area contributed by atoms with Crippen LogP contribution in [0.5, 0.6) is 5.75 Å². The summed E-state index contributed by atoms with van der Waals surface area (Å²) in [6, 6.07) is 14.2. The first-order chi connectivity index (χ1) is 13.9. The van der Waals surface area contributed by atoms with E-state index in [9.17, 15) is 19.5 Å². The zero-order chi connectivity index (χ0) is 20.5. The number of para-hydroxylation sites is 1. The topological polar surface area (TPSA) is 95.9 Å². The second-order valence-electron chi connectivity index (χ2n) is 7.62. The van der Waals surface area contributed by atoms with Crippen molar-refractivity contribution in [3.63, 3.8) is 0 Å². The Hall–Kier alpha value is -3.35. The molecule has 2 aromatic rings. The predicted octanol–water partition coefficient (Wildman–Crippen LogP) is 2.42. The van der Waals surface area contributed by atoms with E-state index in [4.69, 9.17) is 4.74 Å². The standard InChI is InChI=1S/C22H22N2O5/c1-13-11-24(12-17(13)22(27)28)21(26)15-6-4-7-16(9-15)23-20(25)19-10-14-5-2-3-8-18(14)29-19/h2-9,13,17,19H,10-12H2,1H3,(H,23,25)(H,27,28)/t13-,17-,19?/m1/s1. The number of anilines is 1. The molecule has 1 unspecified atom stereocenters. The maximum Gasteiger partial charge on any atom is 0.308 e. The summed E-state index contributed by atoms with van der Waals surface area (Å²) >= 11 is 0. The molecule has 2 heterocycles. The summed E-state index contributed by atoms with van der Waals surface area (Å²) < 4.78 is 5.70. The molecule has 0 aliphatic carbocycles. The highest BCUT2D eigenvalue weighted by molar-refractivity contribution is 5.99. The largest absolute Gasteiger partial charge is 0.481 e. The molecule has 0 aromatic heterocycles. The maximum absolute atomic E-state index is 12.8. The molecule has 2 aromatic carbocycles. The van der Waals surface area contributed by atoms with E-state index in [0.29, 0.717) is 30.0 Å². The minimum absolute atomic E-state index is 0.0968. The molecule has 7 heteroatoms. The summed E-state index contributed by atoms with van der Waals surface area (Å²) in [5, 5.41) is 12.1. The second-order valence-corrected chi connectivity index (χ2v) is 7.62. The van der Waals surface area contributed by atoms with E-state index in [1.54, 1.807) is 29.2 Å². The Morgan fingerprint density at radius 3 is 2.62 bits per heavy atom. The number of hydrogen-bond donors (Lipinski definition) is 2. The van der Waals surface area contributed by atoms with Crippen LogP contribution in [0.4, 0.5) is 5.69 Å². The van der Waals surface area contributed by atoms with E-state index in [2.05, 4.69) is 5.32 Å². The molecule has 1 fully saturated rings. The quantitative estimate of drug-likeness (QED) is 0.830. The van der Waals surface area contributed by atoms with E-state index in [0.717, 1.165) is 5.56 Å². The molecule has 3 atom stereocenters. The van der Waals surface area contributed by atoms with Crippen LogP contribution in [-0.2, 0) is 16.0 Å². The molecule has 7 nitrogen and oxygen atoms in total. The van der Waals surface area contributed by atoms with Crippen molar-refractivity contribution < 1.29 is 24.2 Å². The van der Waals surface area contributed by atoms with Gasteiger partial charge in [-0.2, -0.15) is 0 Å². The van der Waals surface area contributed by atoms with Gasteiger partial charge in [-0.1, -0.05) is 31.2 Å². The van der Waals surface area contributed by atoms with Crippen LogP contribution in [0.3, 0.4) is 0 Å². The fraction of sp³-hybridized carbons (Fsp3) is 0.318. The number of carboxylic acids is 1. The number of benzene rings is 2. The first-order valence-corrected chi connectivity index (χ1v) is 9.60. The summed E-state index contributed by atoms with van der Waals surface area (Å²) in [5.74, 6) is -1.32. The first kappa shape index (κ1) is 19.0. The molecular formula is C22H22N2O5. The lowest BCUT2D eigenvalue weighted by Gasteiger charge is -2.17. The van der Waals surface area contributed by atoms with Gasteiger partial charge in [0, 0.05) is 30.8 Å². The Morgan fingerprint density at radius 1 is 1.10 bits per heavy atom. The van der Waals surface area contributed by atoms with Gasteiger partial charge < -0.3 is 20.1 Å². The number of likely N-dealkylation sites (tertiary alicyclic amines) is 1. The molecule has 1 saturated heterocycles. The van der Waals surface area contributed by atoms with Crippen LogP contribution < -0.4 is 10.1 Å². The van der Waals surface area contributed by atoms with E-state index in [-0.39, 0.29) is 24.3 Å². The van der Waals surface area contributed by atoms with Gasteiger partial charge in [-0.15, -0.1) is 0 Å². The van der Waals surface area contributed by atoms with Crippen molar-refractivity contribution in [2.75, 3.05) is 18.4 Å². The lowest BCUT2D eigenvalue weighted by Crippen LogP contribution is -2.32. The van der Waals surface area contributed by atoms with Gasteiger partial charge >= 0.3 is 5.97 Å². The smallest absolute Gasteiger partial charge is 0.308 e. The molecule has 0 radical (unpaired) electrons. The van der Waals surface area contributed by atoms with Crippen molar-refractivity contribution in [3.05, 3.63) is 59.7 Å². The van der Waals surface area contributed by atoms with Gasteiger partial charge in [0.05, 0.1) is 5.92 Å². The molecule has 29 heavy (non-hydrogen) atoms. The number of amides is 2. The molecule has 2 amide bonds. The van der Waals surface area contributed by atoms with Crippen LogP contribution in [0.2, 0.25) is 0 Å². The van der Waals surface area contributed by atoms with E-state index in [1.807, 2.05) is 31.2 Å². The Balaban J connectivity index is 1.42. The lowest BCUT2D eigenvalue weighted by molar-refractivity contribution is -0.142. The molecule has 0 saturated carbocycles. The fourth-order valence-corrected chi connectivity index (χ4v) is 3.92. The third-order valence-corrected chi connectivity index (χ3v) is 5.53. The third-order valence-electron chi connectivity index (χ3n) is 5.53. The molecule has 0 bridgehead atoms. The minimum atomic E-state index is -0.883. The van der Waals surface area contributed by atoms with Crippen molar-refractivity contribution >= 4 is 23.5 Å². The Kier molecular flexibility index (Phi) is 4.96. The van der Waals surface area contributed by atoms with Gasteiger partial charge in [-0.05, 0) is 35.7 Å². The van der Waals surface area contributed by atoms with Gasteiger partial charge in [0.15, 0.2) is 6.10 Å². The fourth-order valence-electron chi connectivity index (χ4n) is 3.92. The van der Waals surface area contributed by atoms with Crippen LogP contribution in [0.15, 0.2) is 48.5 Å². The summed E-state index contributed by atoms with van der Waals surface area (Å²) in [6.07, 6.45) is -0.106. The van der Waals surface area contributed by atoms with Crippen molar-refractivity contribution in [1.82, 2.24) is 4.90 Å². The summed E-state index contributed by atoms with van der Waals surface area (Å²) in [7, 11) is 0. The van der Waals surface area contributed by atoms with Crippen LogP contribution in [0, 0.1) is 11.8 Å². The van der Waals surface area contributed by atoms with Gasteiger partial charge in [-0.25, -0.2) is 0 Å². The van der Waals surface area contributed by atoms with E-state index >= 15 is 0 Å². The molecular weight excluding hydrogens is 372 g/mol. The Bertz CT molecular complexity index is 948. The van der Waals surface area contributed by atoms with Gasteiger partial charge in [-0.3, -0.25) is 14.4 Å². The number of carbonyl (C=O) groups excluding carboxylic acids is 2. The lowest BCUT2D eigenvalue weighted by atomic mass is 9.99. The minimum Gasteiger partial charge on any atom is -0.481 e. The molecule has 0 spiro atoms. The van der Waals surface area contributed by atoms with Crippen LogP contribution in [0.25, 0.3) is 0 Å². The summed E-state index contributed by atoms with van der Waals surface area (Å²) in [5.41, 5.74) is 1.91. The third kappa shape index (κ3) is 3.81. The predicted molar refractivity (Wildman–Crippen MR) is 106 cm³/mol. The van der Waals surface area contributed by atoms with Crippen molar-refractivity contribution in [1.29, 1.82) is 0 Å². The zero-order valence-corrected chi connectivity index (χ0v) is 16.0. The number of carbonyl (C=O) groups is 3. The average molecular weight is 394 g/mol. The number of fused-ring (bicyclic) bond motifs is 1. The van der Waals surface area contributed by atoms with Crippen LogP contribution >= 0.6 is 0 Å². The van der Waals surface area contributed by atoms with Crippen molar-refractivity contribution in [2.45, 2.75) is 19.4 Å². The normalized spacial score (nSPS) is 22.7. The second kappa shape index (κ2) is 7.58.